The van der Waals surface area contributed by atoms with Crippen LogP contribution in [0, 0.1) is 28.6 Å². The molecule has 3 rings (SSSR count). The van der Waals surface area contributed by atoms with Gasteiger partial charge in [-0.1, -0.05) is 31.2 Å². The Morgan fingerprint density at radius 3 is 2.82 bits per heavy atom. The molecule has 0 N–H and O–H groups in total. The summed E-state index contributed by atoms with van der Waals surface area (Å²) in [5, 5.41) is 24.9. The minimum absolute atomic E-state index is 0.108. The molecule has 0 unspecified atom stereocenters. The lowest BCUT2D eigenvalue weighted by Crippen LogP contribution is -2.40. The zero-order valence-electron chi connectivity index (χ0n) is 12.4. The monoisotopic (exact) mass is 292 g/mol. The van der Waals surface area contributed by atoms with Crippen molar-refractivity contribution in [1.29, 1.82) is 10.5 Å². The van der Waals surface area contributed by atoms with Gasteiger partial charge in [0.2, 0.25) is 5.54 Å². The van der Waals surface area contributed by atoms with Crippen LogP contribution in [0.3, 0.4) is 0 Å². The van der Waals surface area contributed by atoms with Crippen LogP contribution in [0.1, 0.15) is 43.4 Å². The van der Waals surface area contributed by atoms with E-state index in [-0.39, 0.29) is 24.2 Å². The Kier molecular flexibility index (Phi) is 3.42. The molecule has 0 spiro atoms. The highest BCUT2D eigenvalue weighted by Crippen LogP contribution is 2.49. The molecular weight excluding hydrogens is 276 g/mol. The van der Waals surface area contributed by atoms with Crippen molar-refractivity contribution >= 4 is 12.0 Å². The van der Waals surface area contributed by atoms with Crippen LogP contribution < -0.4 is 0 Å². The number of benzene rings is 1. The van der Waals surface area contributed by atoms with Crippen LogP contribution in [0.5, 0.6) is 0 Å². The Bertz CT molecular complexity index is 711. The van der Waals surface area contributed by atoms with E-state index in [0.717, 1.165) is 17.5 Å². The highest BCUT2D eigenvalue weighted by molar-refractivity contribution is 5.87. The van der Waals surface area contributed by atoms with Crippen LogP contribution in [0.2, 0.25) is 0 Å². The maximum atomic E-state index is 12.5. The first-order chi connectivity index (χ1) is 10.7. The highest BCUT2D eigenvalue weighted by atomic mass is 16.1. The Balaban J connectivity index is 2.12. The topological polar surface area (TPSA) is 80.2 Å². The second kappa shape index (κ2) is 5.27. The average Bonchev–Trinajstić information content (AvgIpc) is 2.91. The van der Waals surface area contributed by atoms with Gasteiger partial charge in [0.05, 0.1) is 12.3 Å². The van der Waals surface area contributed by atoms with Crippen molar-refractivity contribution in [3.05, 3.63) is 35.4 Å². The standard InChI is InChI=1S/C17H16N4O/c1-2-5-15(22)14-8-17(10-18,11-19)21-16(14)13-7-4-3-6-12(13)9-20-21/h3-4,6-7,9,14,16H,2,5,8H2,1H3/t14-,16+/m1/s1. The summed E-state index contributed by atoms with van der Waals surface area (Å²) in [5.74, 6) is -0.255. The second-order valence-electron chi connectivity index (χ2n) is 5.77. The quantitative estimate of drug-likeness (QED) is 0.857. The van der Waals surface area contributed by atoms with Gasteiger partial charge >= 0.3 is 0 Å². The molecule has 1 saturated heterocycles. The number of hydrogen-bond acceptors (Lipinski definition) is 5. The predicted molar refractivity (Wildman–Crippen MR) is 80.6 cm³/mol. The number of ketones is 1. The van der Waals surface area contributed by atoms with Crippen LogP contribution in [0.4, 0.5) is 0 Å². The largest absolute Gasteiger partial charge is 0.299 e. The molecule has 5 heteroatoms. The molecular formula is C17H16N4O. The molecule has 0 bridgehead atoms. The van der Waals surface area contributed by atoms with E-state index in [9.17, 15) is 15.3 Å². The van der Waals surface area contributed by atoms with Gasteiger partial charge in [0.25, 0.3) is 0 Å². The van der Waals surface area contributed by atoms with Crippen molar-refractivity contribution in [2.75, 3.05) is 0 Å². The number of Topliss-reactive ketones (excluding diaryl/α,β-unsaturated/α-hetero) is 1. The lowest BCUT2D eigenvalue weighted by Gasteiger charge is -2.33. The normalized spacial score (nSPS) is 24.0. The SMILES string of the molecule is CCCC(=O)[C@H]1CC(C#N)(C#N)N2N=Cc3ccccc3[C@@H]12. The van der Waals surface area contributed by atoms with Crippen LogP contribution in [-0.4, -0.2) is 22.5 Å². The molecule has 1 fully saturated rings. The fourth-order valence-electron chi connectivity index (χ4n) is 3.41. The lowest BCUT2D eigenvalue weighted by molar-refractivity contribution is -0.123. The first-order valence-corrected chi connectivity index (χ1v) is 7.44. The molecule has 0 radical (unpaired) electrons. The molecule has 1 aromatic rings. The van der Waals surface area contributed by atoms with Gasteiger partial charge in [-0.3, -0.25) is 9.80 Å². The van der Waals surface area contributed by atoms with Gasteiger partial charge in [-0.25, -0.2) is 0 Å². The summed E-state index contributed by atoms with van der Waals surface area (Å²) in [4.78, 5) is 12.5. The molecule has 1 aromatic carbocycles. The summed E-state index contributed by atoms with van der Waals surface area (Å²) in [5.41, 5.74) is 0.562. The Morgan fingerprint density at radius 2 is 2.14 bits per heavy atom. The number of fused-ring (bicyclic) bond motifs is 3. The first kappa shape index (κ1) is 14.3. The van der Waals surface area contributed by atoms with Crippen LogP contribution in [-0.2, 0) is 4.79 Å². The number of nitriles is 2. The second-order valence-corrected chi connectivity index (χ2v) is 5.77. The maximum Gasteiger partial charge on any atom is 0.230 e. The summed E-state index contributed by atoms with van der Waals surface area (Å²) < 4.78 is 0. The van der Waals surface area contributed by atoms with E-state index in [1.807, 2.05) is 31.2 Å². The molecule has 0 aliphatic carbocycles. The molecule has 5 nitrogen and oxygen atoms in total. The van der Waals surface area contributed by atoms with E-state index in [1.165, 1.54) is 5.01 Å². The van der Waals surface area contributed by atoms with Crippen molar-refractivity contribution in [2.24, 2.45) is 11.0 Å². The number of carbonyl (C=O) groups is 1. The van der Waals surface area contributed by atoms with Gasteiger partial charge in [0, 0.05) is 18.8 Å². The number of carbonyl (C=O) groups excluding carboxylic acids is 1. The highest BCUT2D eigenvalue weighted by Gasteiger charge is 2.56. The molecule has 110 valence electrons. The lowest BCUT2D eigenvalue weighted by atomic mass is 9.84. The number of rotatable bonds is 3. The molecule has 2 aliphatic heterocycles. The first-order valence-electron chi connectivity index (χ1n) is 7.44. The minimum Gasteiger partial charge on any atom is -0.299 e. The Labute approximate surface area is 129 Å². The van der Waals surface area contributed by atoms with Gasteiger partial charge in [0.1, 0.15) is 17.9 Å². The summed E-state index contributed by atoms with van der Waals surface area (Å²) in [6.07, 6.45) is 3.12. The third-order valence-corrected chi connectivity index (χ3v) is 4.47. The molecule has 0 saturated carbocycles. The number of hydrazone groups is 1. The summed E-state index contributed by atoms with van der Waals surface area (Å²) in [7, 11) is 0. The minimum atomic E-state index is -1.36. The van der Waals surface area contributed by atoms with E-state index in [2.05, 4.69) is 17.2 Å². The van der Waals surface area contributed by atoms with Gasteiger partial charge in [0.15, 0.2) is 0 Å². The third-order valence-electron chi connectivity index (χ3n) is 4.47. The molecule has 2 heterocycles. The molecule has 22 heavy (non-hydrogen) atoms. The third kappa shape index (κ3) is 1.90. The summed E-state index contributed by atoms with van der Waals surface area (Å²) >= 11 is 0. The van der Waals surface area contributed by atoms with Gasteiger partial charge in [-0.2, -0.15) is 15.6 Å². The van der Waals surface area contributed by atoms with E-state index in [0.29, 0.717) is 6.42 Å². The van der Waals surface area contributed by atoms with Crippen LogP contribution in [0.15, 0.2) is 29.4 Å². The van der Waals surface area contributed by atoms with Crippen LogP contribution in [0.25, 0.3) is 0 Å². The van der Waals surface area contributed by atoms with E-state index in [4.69, 9.17) is 0 Å². The number of nitrogens with zero attached hydrogens (tertiary/aromatic N) is 4. The fourth-order valence-corrected chi connectivity index (χ4v) is 3.41. The summed E-state index contributed by atoms with van der Waals surface area (Å²) in [6, 6.07) is 11.6. The Morgan fingerprint density at radius 1 is 1.41 bits per heavy atom. The van der Waals surface area contributed by atoms with Crippen molar-refractivity contribution in [3.63, 3.8) is 0 Å². The van der Waals surface area contributed by atoms with E-state index < -0.39 is 5.54 Å². The molecule has 0 aromatic heterocycles. The molecule has 0 amide bonds. The van der Waals surface area contributed by atoms with Crippen LogP contribution >= 0.6 is 0 Å². The van der Waals surface area contributed by atoms with Gasteiger partial charge in [-0.05, 0) is 17.5 Å². The van der Waals surface area contributed by atoms with Crippen molar-refractivity contribution in [2.45, 2.75) is 37.8 Å². The van der Waals surface area contributed by atoms with Gasteiger partial charge in [-0.15, -0.1) is 0 Å². The van der Waals surface area contributed by atoms with Crippen molar-refractivity contribution < 1.29 is 4.79 Å². The Hall–Kier alpha value is -2.66. The van der Waals surface area contributed by atoms with Crippen molar-refractivity contribution in [3.8, 4) is 12.1 Å². The van der Waals surface area contributed by atoms with Gasteiger partial charge < -0.3 is 0 Å². The average molecular weight is 292 g/mol. The number of hydrogen-bond donors (Lipinski definition) is 0. The van der Waals surface area contributed by atoms with Crippen molar-refractivity contribution in [1.82, 2.24) is 5.01 Å². The predicted octanol–water partition coefficient (Wildman–Crippen LogP) is 2.55. The van der Waals surface area contributed by atoms with E-state index >= 15 is 0 Å². The summed E-state index contributed by atoms with van der Waals surface area (Å²) in [6.45, 7) is 1.96. The fraction of sp³-hybridized carbons (Fsp3) is 0.412. The zero-order chi connectivity index (χ0) is 15.7. The molecule has 2 atom stereocenters. The maximum absolute atomic E-state index is 12.5. The smallest absolute Gasteiger partial charge is 0.230 e. The van der Waals surface area contributed by atoms with E-state index in [1.54, 1.807) is 6.21 Å². The molecule has 2 aliphatic rings. The zero-order valence-corrected chi connectivity index (χ0v) is 12.4.